The van der Waals surface area contributed by atoms with Crippen LogP contribution in [0.2, 0.25) is 0 Å². The van der Waals surface area contributed by atoms with Gasteiger partial charge in [0.1, 0.15) is 0 Å². The Balaban J connectivity index is 1.44. The predicted molar refractivity (Wildman–Crippen MR) is 86.9 cm³/mol. The van der Waals surface area contributed by atoms with Gasteiger partial charge in [0, 0.05) is 31.8 Å². The molecular formula is C16H21N3O3S. The van der Waals surface area contributed by atoms with Gasteiger partial charge in [-0.15, -0.1) is 11.3 Å². The van der Waals surface area contributed by atoms with Gasteiger partial charge in [-0.2, -0.15) is 4.98 Å². The van der Waals surface area contributed by atoms with E-state index in [1.807, 2.05) is 22.4 Å². The highest BCUT2D eigenvalue weighted by atomic mass is 32.1. The van der Waals surface area contributed by atoms with Crippen LogP contribution in [0.3, 0.4) is 0 Å². The molecule has 0 spiro atoms. The molecule has 1 aliphatic heterocycles. The number of aliphatic hydroxyl groups is 1. The number of thiophene rings is 1. The molecule has 2 aromatic heterocycles. The summed E-state index contributed by atoms with van der Waals surface area (Å²) in [5.41, 5.74) is 0. The van der Waals surface area contributed by atoms with Crippen LogP contribution >= 0.6 is 11.3 Å². The third-order valence-corrected chi connectivity index (χ3v) is 5.12. The van der Waals surface area contributed by atoms with E-state index in [1.165, 1.54) is 0 Å². The molecule has 23 heavy (non-hydrogen) atoms. The van der Waals surface area contributed by atoms with Crippen LogP contribution in [0.15, 0.2) is 22.0 Å². The molecule has 1 N–H and O–H groups in total. The number of rotatable bonds is 6. The standard InChI is InChI=1S/C16H21N3O3S/c1-11(20)12-7-8-19(10-12)15(21)6-2-5-14-17-16(18-22-14)13-4-3-9-23-13/h3-4,9,11-12,20H,2,5-8,10H2,1H3. The maximum Gasteiger partial charge on any atom is 0.226 e. The molecule has 0 radical (unpaired) electrons. The summed E-state index contributed by atoms with van der Waals surface area (Å²) in [7, 11) is 0. The summed E-state index contributed by atoms with van der Waals surface area (Å²) in [6.45, 7) is 3.20. The number of nitrogens with zero attached hydrogens (tertiary/aromatic N) is 3. The molecule has 3 heterocycles. The third-order valence-electron chi connectivity index (χ3n) is 4.25. The molecule has 2 aromatic rings. The van der Waals surface area contributed by atoms with E-state index in [0.29, 0.717) is 37.5 Å². The summed E-state index contributed by atoms with van der Waals surface area (Å²) in [6.07, 6.45) is 2.32. The Bertz CT molecular complexity index is 639. The van der Waals surface area contributed by atoms with Crippen LogP contribution in [0.4, 0.5) is 0 Å². The number of aliphatic hydroxyl groups excluding tert-OH is 1. The number of hydrogen-bond donors (Lipinski definition) is 1. The average Bonchev–Trinajstić information content (AvgIpc) is 3.27. The number of likely N-dealkylation sites (tertiary alicyclic amines) is 1. The van der Waals surface area contributed by atoms with Crippen LogP contribution in [-0.4, -0.2) is 45.2 Å². The van der Waals surface area contributed by atoms with Crippen molar-refractivity contribution in [2.24, 2.45) is 5.92 Å². The summed E-state index contributed by atoms with van der Waals surface area (Å²) in [5, 5.41) is 15.5. The normalized spacial score (nSPS) is 19.2. The Morgan fingerprint density at radius 3 is 3.17 bits per heavy atom. The van der Waals surface area contributed by atoms with E-state index < -0.39 is 0 Å². The van der Waals surface area contributed by atoms with E-state index in [0.717, 1.165) is 17.8 Å². The van der Waals surface area contributed by atoms with Gasteiger partial charge in [0.05, 0.1) is 11.0 Å². The van der Waals surface area contributed by atoms with E-state index in [-0.39, 0.29) is 17.9 Å². The SMILES string of the molecule is CC(O)C1CCN(C(=O)CCCc2nc(-c3cccs3)no2)C1. The fourth-order valence-electron chi connectivity index (χ4n) is 2.82. The molecule has 0 saturated carbocycles. The summed E-state index contributed by atoms with van der Waals surface area (Å²) in [4.78, 5) is 19.4. The molecular weight excluding hydrogens is 314 g/mol. The van der Waals surface area contributed by atoms with Crippen molar-refractivity contribution in [1.29, 1.82) is 0 Å². The van der Waals surface area contributed by atoms with Crippen molar-refractivity contribution < 1.29 is 14.4 Å². The number of aromatic nitrogens is 2. The highest BCUT2D eigenvalue weighted by Gasteiger charge is 2.28. The van der Waals surface area contributed by atoms with Crippen LogP contribution < -0.4 is 0 Å². The Morgan fingerprint density at radius 2 is 2.48 bits per heavy atom. The van der Waals surface area contributed by atoms with Crippen molar-refractivity contribution in [2.45, 2.75) is 38.7 Å². The van der Waals surface area contributed by atoms with Gasteiger partial charge in [-0.1, -0.05) is 11.2 Å². The first-order valence-corrected chi connectivity index (χ1v) is 8.84. The highest BCUT2D eigenvalue weighted by Crippen LogP contribution is 2.22. The minimum Gasteiger partial charge on any atom is -0.393 e. The van der Waals surface area contributed by atoms with Crippen LogP contribution in [0.25, 0.3) is 10.7 Å². The molecule has 1 amide bonds. The maximum atomic E-state index is 12.2. The summed E-state index contributed by atoms with van der Waals surface area (Å²) < 4.78 is 5.23. The molecule has 0 aliphatic carbocycles. The first-order chi connectivity index (χ1) is 11.1. The van der Waals surface area contributed by atoms with Crippen LogP contribution in [-0.2, 0) is 11.2 Å². The Hall–Kier alpha value is -1.73. The number of amides is 1. The lowest BCUT2D eigenvalue weighted by Gasteiger charge is -2.17. The molecule has 124 valence electrons. The monoisotopic (exact) mass is 335 g/mol. The molecule has 7 heteroatoms. The lowest BCUT2D eigenvalue weighted by Crippen LogP contribution is -2.30. The van der Waals surface area contributed by atoms with Crippen molar-refractivity contribution >= 4 is 17.2 Å². The molecule has 2 atom stereocenters. The van der Waals surface area contributed by atoms with Crippen LogP contribution in [0.5, 0.6) is 0 Å². The van der Waals surface area contributed by atoms with Gasteiger partial charge in [0.15, 0.2) is 0 Å². The second-order valence-corrected chi connectivity index (χ2v) is 6.92. The zero-order valence-electron chi connectivity index (χ0n) is 13.1. The van der Waals surface area contributed by atoms with Crippen LogP contribution in [0, 0.1) is 5.92 Å². The smallest absolute Gasteiger partial charge is 0.226 e. The number of aryl methyl sites for hydroxylation is 1. The second kappa shape index (κ2) is 7.23. The first kappa shape index (κ1) is 16.1. The van der Waals surface area contributed by atoms with Gasteiger partial charge < -0.3 is 14.5 Å². The largest absolute Gasteiger partial charge is 0.393 e. The molecule has 6 nitrogen and oxygen atoms in total. The minimum atomic E-state index is -0.345. The van der Waals surface area contributed by atoms with E-state index in [9.17, 15) is 9.90 Å². The van der Waals surface area contributed by atoms with Crippen LogP contribution in [0.1, 0.15) is 32.1 Å². The van der Waals surface area contributed by atoms with Crippen molar-refractivity contribution in [3.63, 3.8) is 0 Å². The van der Waals surface area contributed by atoms with Gasteiger partial charge in [0.25, 0.3) is 0 Å². The number of carbonyl (C=O) groups is 1. The van der Waals surface area contributed by atoms with Gasteiger partial charge in [0.2, 0.25) is 17.6 Å². The van der Waals surface area contributed by atoms with E-state index in [4.69, 9.17) is 4.52 Å². The number of hydrogen-bond acceptors (Lipinski definition) is 6. The highest BCUT2D eigenvalue weighted by molar-refractivity contribution is 7.13. The van der Waals surface area contributed by atoms with Crippen molar-refractivity contribution in [2.75, 3.05) is 13.1 Å². The summed E-state index contributed by atoms with van der Waals surface area (Å²) in [6, 6.07) is 3.90. The molecule has 1 fully saturated rings. The van der Waals surface area contributed by atoms with Gasteiger partial charge >= 0.3 is 0 Å². The van der Waals surface area contributed by atoms with E-state index in [1.54, 1.807) is 18.3 Å². The van der Waals surface area contributed by atoms with Crippen molar-refractivity contribution in [1.82, 2.24) is 15.0 Å². The van der Waals surface area contributed by atoms with Gasteiger partial charge in [-0.3, -0.25) is 4.79 Å². The second-order valence-electron chi connectivity index (χ2n) is 5.97. The lowest BCUT2D eigenvalue weighted by atomic mass is 10.0. The fourth-order valence-corrected chi connectivity index (χ4v) is 3.47. The summed E-state index contributed by atoms with van der Waals surface area (Å²) in [5.74, 6) is 1.54. The molecule has 3 rings (SSSR count). The van der Waals surface area contributed by atoms with Crippen molar-refractivity contribution in [3.8, 4) is 10.7 Å². The predicted octanol–water partition coefficient (Wildman–Crippen LogP) is 2.35. The molecule has 1 saturated heterocycles. The Labute approximate surface area is 139 Å². The van der Waals surface area contributed by atoms with Gasteiger partial charge in [-0.25, -0.2) is 0 Å². The average molecular weight is 335 g/mol. The van der Waals surface area contributed by atoms with E-state index in [2.05, 4.69) is 10.1 Å². The zero-order valence-corrected chi connectivity index (χ0v) is 14.0. The Kier molecular flexibility index (Phi) is 5.07. The Morgan fingerprint density at radius 1 is 1.61 bits per heavy atom. The molecule has 0 bridgehead atoms. The zero-order chi connectivity index (χ0) is 16.2. The molecule has 2 unspecified atom stereocenters. The molecule has 0 aromatic carbocycles. The van der Waals surface area contributed by atoms with Gasteiger partial charge in [-0.05, 0) is 31.2 Å². The molecule has 1 aliphatic rings. The van der Waals surface area contributed by atoms with E-state index >= 15 is 0 Å². The minimum absolute atomic E-state index is 0.145. The van der Waals surface area contributed by atoms with Crippen molar-refractivity contribution in [3.05, 3.63) is 23.4 Å². The quantitative estimate of drug-likeness (QED) is 0.876. The fraction of sp³-hybridized carbons (Fsp3) is 0.562. The third kappa shape index (κ3) is 3.97. The topological polar surface area (TPSA) is 79.5 Å². The lowest BCUT2D eigenvalue weighted by molar-refractivity contribution is -0.130. The maximum absolute atomic E-state index is 12.2. The first-order valence-electron chi connectivity index (χ1n) is 7.96. The summed E-state index contributed by atoms with van der Waals surface area (Å²) >= 11 is 1.57. The number of carbonyl (C=O) groups excluding carboxylic acids is 1.